The number of amides is 3. The summed E-state index contributed by atoms with van der Waals surface area (Å²) < 4.78 is 10.8. The number of hydrogen-bond acceptors (Lipinski definition) is 10. The molecule has 1 saturated carbocycles. The lowest BCUT2D eigenvalue weighted by molar-refractivity contribution is -0.280. The highest BCUT2D eigenvalue weighted by atomic mass is 16.6. The minimum absolute atomic E-state index is 0.0806. The van der Waals surface area contributed by atoms with Gasteiger partial charge in [0.25, 0.3) is 0 Å². The topological polar surface area (TPSA) is 230 Å². The Kier molecular flexibility index (Phi) is 14.9. The normalized spacial score (nSPS) is 27.3. The van der Waals surface area contributed by atoms with Crippen LogP contribution in [0.25, 0.3) is 0 Å². The maximum absolute atomic E-state index is 12.7. The third-order valence-corrected chi connectivity index (χ3v) is 7.87. The second-order valence-electron chi connectivity index (χ2n) is 11.0. The molecule has 0 radical (unpaired) electrons. The minimum atomic E-state index is -1.43. The van der Waals surface area contributed by atoms with Gasteiger partial charge in [0.05, 0.1) is 18.6 Å². The van der Waals surface area contributed by atoms with Crippen LogP contribution in [0.5, 0.6) is 0 Å². The molecular weight excluding hydrogens is 540 g/mol. The Labute approximate surface area is 240 Å². The van der Waals surface area contributed by atoms with Crippen LogP contribution in [-0.2, 0) is 28.7 Å². The van der Waals surface area contributed by atoms with E-state index in [9.17, 15) is 39.6 Å². The first-order valence-electron chi connectivity index (χ1n) is 14.6. The van der Waals surface area contributed by atoms with Crippen molar-refractivity contribution in [2.24, 2.45) is 17.6 Å². The zero-order valence-electron chi connectivity index (χ0n) is 24.0. The highest BCUT2D eigenvalue weighted by Gasteiger charge is 2.45. The lowest BCUT2D eigenvalue weighted by atomic mass is 9.86. The van der Waals surface area contributed by atoms with Crippen molar-refractivity contribution in [3.63, 3.8) is 0 Å². The fraction of sp³-hybridized carbons (Fsp3) is 0.852. The van der Waals surface area contributed by atoms with Gasteiger partial charge in [-0.05, 0) is 39.0 Å². The molecule has 0 aromatic heterocycles. The third kappa shape index (κ3) is 11.1. The molecule has 2 aliphatic rings. The summed E-state index contributed by atoms with van der Waals surface area (Å²) in [6.45, 7) is 2.52. The Morgan fingerprint density at radius 2 is 1.73 bits per heavy atom. The third-order valence-electron chi connectivity index (χ3n) is 7.87. The molecule has 9 N–H and O–H groups in total. The summed E-state index contributed by atoms with van der Waals surface area (Å²) in [5.41, 5.74) is 5.66. The monoisotopic (exact) mass is 588 g/mol. The van der Waals surface area contributed by atoms with Gasteiger partial charge in [0.1, 0.15) is 30.4 Å². The first kappa shape index (κ1) is 34.8. The van der Waals surface area contributed by atoms with E-state index in [1.807, 2.05) is 0 Å². The first-order valence-corrected chi connectivity index (χ1v) is 14.6. The molecule has 1 saturated heterocycles. The van der Waals surface area contributed by atoms with Crippen LogP contribution in [-0.4, -0.2) is 107 Å². The number of carboxylic acid groups (broad SMARTS) is 1. The van der Waals surface area contributed by atoms with Crippen LogP contribution in [0.2, 0.25) is 0 Å². The number of aliphatic hydroxyl groups is 3. The minimum Gasteiger partial charge on any atom is -0.480 e. The lowest BCUT2D eigenvalue weighted by Crippen LogP contribution is -2.60. The maximum Gasteiger partial charge on any atom is 0.326 e. The number of aliphatic carboxylic acids is 1. The molecule has 3 amide bonds. The Morgan fingerprint density at radius 1 is 1.05 bits per heavy atom. The summed E-state index contributed by atoms with van der Waals surface area (Å²) in [4.78, 5) is 49.2. The van der Waals surface area contributed by atoms with Crippen LogP contribution < -0.4 is 21.7 Å². The molecule has 0 spiro atoms. The van der Waals surface area contributed by atoms with Gasteiger partial charge in [-0.15, -0.1) is 0 Å². The molecule has 236 valence electrons. The van der Waals surface area contributed by atoms with Crippen LogP contribution >= 0.6 is 0 Å². The molecule has 8 atom stereocenters. The van der Waals surface area contributed by atoms with Crippen molar-refractivity contribution < 1.29 is 49.1 Å². The number of hydrogen-bond donors (Lipinski definition) is 8. The number of rotatable bonds is 16. The molecule has 0 bridgehead atoms. The molecule has 2 rings (SSSR count). The molecule has 41 heavy (non-hydrogen) atoms. The smallest absolute Gasteiger partial charge is 0.326 e. The molecule has 1 aliphatic carbocycles. The van der Waals surface area contributed by atoms with E-state index in [2.05, 4.69) is 16.0 Å². The average Bonchev–Trinajstić information content (AvgIpc) is 2.95. The Morgan fingerprint density at radius 3 is 2.34 bits per heavy atom. The van der Waals surface area contributed by atoms with Crippen LogP contribution in [0, 0.1) is 11.8 Å². The molecule has 1 heterocycles. The van der Waals surface area contributed by atoms with Crippen LogP contribution in [0.1, 0.15) is 71.6 Å². The lowest BCUT2D eigenvalue weighted by Gasteiger charge is -2.42. The molecule has 14 nitrogen and oxygen atoms in total. The standard InChI is InChI=1S/C27H48N4O10/c1-15(30-25(36)16(2)40-23-18(13-28)27(39)41-20(14-32)22(23)34)24(35)31-19(26(37)38)10-11-21(33)29-12-6-9-17-7-4-3-5-8-17/h15-20,22-23,27,32,34,39H,3-14,28H2,1-2H3,(H,29,33)(H,30,36)(H,31,35)(H,37,38)/t15-,16+,18-,19+,20?,22?,23+,27?/m0/s1. The van der Waals surface area contributed by atoms with E-state index in [1.165, 1.54) is 46.0 Å². The number of aliphatic hydroxyl groups excluding tert-OH is 3. The Balaban J connectivity index is 1.78. The van der Waals surface area contributed by atoms with Crippen molar-refractivity contribution in [2.45, 2.75) is 114 Å². The van der Waals surface area contributed by atoms with Gasteiger partial charge < -0.3 is 51.6 Å². The number of carboxylic acids is 1. The van der Waals surface area contributed by atoms with Crippen molar-refractivity contribution in [1.82, 2.24) is 16.0 Å². The van der Waals surface area contributed by atoms with E-state index < -0.39 is 73.1 Å². The van der Waals surface area contributed by atoms with Gasteiger partial charge in [-0.2, -0.15) is 0 Å². The predicted molar refractivity (Wildman–Crippen MR) is 146 cm³/mol. The molecule has 2 fully saturated rings. The van der Waals surface area contributed by atoms with Gasteiger partial charge >= 0.3 is 5.97 Å². The van der Waals surface area contributed by atoms with Gasteiger partial charge in [-0.25, -0.2) is 4.79 Å². The molecular formula is C27H48N4O10. The molecule has 3 unspecified atom stereocenters. The van der Waals surface area contributed by atoms with Crippen LogP contribution in [0.3, 0.4) is 0 Å². The summed E-state index contributed by atoms with van der Waals surface area (Å²) in [5.74, 6) is -3.27. The maximum atomic E-state index is 12.7. The van der Waals surface area contributed by atoms with Gasteiger partial charge in [-0.1, -0.05) is 32.1 Å². The predicted octanol–water partition coefficient (Wildman–Crippen LogP) is -1.26. The summed E-state index contributed by atoms with van der Waals surface area (Å²) in [7, 11) is 0. The molecule has 1 aliphatic heterocycles. The highest BCUT2D eigenvalue weighted by Crippen LogP contribution is 2.28. The summed E-state index contributed by atoms with van der Waals surface area (Å²) >= 11 is 0. The fourth-order valence-electron chi connectivity index (χ4n) is 5.28. The number of carbonyl (C=O) groups is 4. The molecule has 14 heteroatoms. The molecule has 0 aromatic carbocycles. The average molecular weight is 589 g/mol. The van der Waals surface area contributed by atoms with Crippen molar-refractivity contribution in [3.8, 4) is 0 Å². The van der Waals surface area contributed by atoms with Gasteiger partial charge in [0, 0.05) is 19.5 Å². The number of carbonyl (C=O) groups excluding carboxylic acids is 3. The first-order chi connectivity index (χ1) is 19.5. The van der Waals surface area contributed by atoms with Gasteiger partial charge in [0.2, 0.25) is 17.7 Å². The fourth-order valence-corrected chi connectivity index (χ4v) is 5.28. The summed E-state index contributed by atoms with van der Waals surface area (Å²) in [6, 6.07) is -2.48. The zero-order chi connectivity index (χ0) is 30.5. The zero-order valence-corrected chi connectivity index (χ0v) is 24.0. The summed E-state index contributed by atoms with van der Waals surface area (Å²) in [6.07, 6.45) is 1.74. The second-order valence-corrected chi connectivity index (χ2v) is 11.0. The largest absolute Gasteiger partial charge is 0.480 e. The van der Waals surface area contributed by atoms with Gasteiger partial charge in [0.15, 0.2) is 6.29 Å². The SMILES string of the molecule is C[C@H](NC(=O)[C@@H](C)O[C@H]1C(O)C(CO)OC(O)[C@H]1CN)C(=O)N[C@H](CCC(=O)NCCCC1CCCCC1)C(=O)O. The molecule has 0 aromatic rings. The van der Waals surface area contributed by atoms with E-state index in [1.54, 1.807) is 0 Å². The van der Waals surface area contributed by atoms with Crippen LogP contribution in [0.15, 0.2) is 0 Å². The van der Waals surface area contributed by atoms with Crippen molar-refractivity contribution >= 4 is 23.7 Å². The summed E-state index contributed by atoms with van der Waals surface area (Å²) in [5, 5.41) is 47.0. The Hall–Kier alpha value is -2.36. The number of nitrogens with one attached hydrogen (secondary N) is 3. The van der Waals surface area contributed by atoms with Crippen molar-refractivity contribution in [3.05, 3.63) is 0 Å². The van der Waals surface area contributed by atoms with E-state index in [4.69, 9.17) is 15.2 Å². The van der Waals surface area contributed by atoms with Crippen molar-refractivity contribution in [1.29, 1.82) is 0 Å². The number of nitrogens with two attached hydrogens (primary N) is 1. The highest BCUT2D eigenvalue weighted by molar-refractivity contribution is 5.91. The van der Waals surface area contributed by atoms with Crippen molar-refractivity contribution in [2.75, 3.05) is 19.7 Å². The van der Waals surface area contributed by atoms with Gasteiger partial charge in [-0.3, -0.25) is 14.4 Å². The van der Waals surface area contributed by atoms with Crippen LogP contribution in [0.4, 0.5) is 0 Å². The second kappa shape index (κ2) is 17.6. The quantitative estimate of drug-likeness (QED) is 0.0992. The van der Waals surface area contributed by atoms with E-state index in [0.717, 1.165) is 12.8 Å². The Bertz CT molecular complexity index is 856. The van der Waals surface area contributed by atoms with E-state index >= 15 is 0 Å². The van der Waals surface area contributed by atoms with E-state index in [0.29, 0.717) is 12.5 Å². The number of ether oxygens (including phenoxy) is 2. The van der Waals surface area contributed by atoms with E-state index in [-0.39, 0.29) is 25.3 Å².